The van der Waals surface area contributed by atoms with Crippen LogP contribution < -0.4 is 5.32 Å². The largest absolute Gasteiger partial charge is 0.370 e. The Morgan fingerprint density at radius 2 is 1.89 bits per heavy atom. The van der Waals surface area contributed by atoms with Crippen LogP contribution in [0.2, 0.25) is 0 Å². The topological polar surface area (TPSA) is 37.8 Å². The molecule has 0 aliphatic carbocycles. The lowest BCUT2D eigenvalue weighted by Crippen LogP contribution is -2.09. The zero-order chi connectivity index (χ0) is 14.3. The van der Waals surface area contributed by atoms with E-state index in [1.54, 1.807) is 0 Å². The second-order valence-electron chi connectivity index (χ2n) is 5.14. The molecule has 0 aliphatic rings. The van der Waals surface area contributed by atoms with E-state index in [-0.39, 0.29) is 0 Å². The maximum absolute atomic E-state index is 4.72. The molecule has 0 unspecified atom stereocenters. The highest BCUT2D eigenvalue weighted by atomic mass is 32.2. The number of nitrogens with zero attached hydrogens (tertiary/aromatic N) is 2. The average molecular weight is 281 g/mol. The molecular weight excluding hydrogens is 254 g/mol. The number of rotatable bonds is 8. The monoisotopic (exact) mass is 281 g/mol. The molecule has 0 radical (unpaired) electrons. The quantitative estimate of drug-likeness (QED) is 0.428. The van der Waals surface area contributed by atoms with Gasteiger partial charge in [0.15, 0.2) is 0 Å². The maximum atomic E-state index is 4.72. The van der Waals surface area contributed by atoms with Gasteiger partial charge in [0, 0.05) is 18.0 Å². The summed E-state index contributed by atoms with van der Waals surface area (Å²) < 4.78 is 0. The lowest BCUT2D eigenvalue weighted by Gasteiger charge is -2.14. The fourth-order valence-electron chi connectivity index (χ4n) is 1.64. The van der Waals surface area contributed by atoms with Crippen molar-refractivity contribution >= 4 is 17.6 Å². The van der Waals surface area contributed by atoms with Gasteiger partial charge in [0.25, 0.3) is 0 Å². The van der Waals surface area contributed by atoms with Crippen LogP contribution in [0.4, 0.5) is 5.82 Å². The highest BCUT2D eigenvalue weighted by Gasteiger charge is 2.13. The summed E-state index contributed by atoms with van der Waals surface area (Å²) in [7, 11) is 0. The van der Waals surface area contributed by atoms with E-state index in [2.05, 4.69) is 44.9 Å². The van der Waals surface area contributed by atoms with Crippen LogP contribution in [0.15, 0.2) is 5.03 Å². The molecule has 1 heterocycles. The summed E-state index contributed by atoms with van der Waals surface area (Å²) in [6, 6.07) is 0. The van der Waals surface area contributed by atoms with Crippen molar-refractivity contribution in [3.63, 3.8) is 0 Å². The van der Waals surface area contributed by atoms with Gasteiger partial charge in [0.05, 0.1) is 0 Å². The van der Waals surface area contributed by atoms with Crippen LogP contribution in [-0.2, 0) is 0 Å². The molecule has 1 N–H and O–H groups in total. The van der Waals surface area contributed by atoms with Crippen LogP contribution in [0.5, 0.6) is 0 Å². The zero-order valence-corrected chi connectivity index (χ0v) is 13.7. The van der Waals surface area contributed by atoms with Gasteiger partial charge < -0.3 is 5.32 Å². The van der Waals surface area contributed by atoms with Gasteiger partial charge in [0.2, 0.25) is 0 Å². The standard InChI is InChI=1S/C15H27N3S/c1-6-8-10-19-15-12(5)14(16-9-7-2)17-13(18-15)11(3)4/h11H,6-10H2,1-5H3,(H,16,17,18). The Labute approximate surface area is 122 Å². The molecule has 1 rings (SSSR count). The first-order chi connectivity index (χ1) is 9.10. The van der Waals surface area contributed by atoms with E-state index in [1.807, 2.05) is 11.8 Å². The summed E-state index contributed by atoms with van der Waals surface area (Å²) in [5, 5.41) is 4.57. The SMILES string of the molecule is CCCCSc1nc(C(C)C)nc(NCCC)c1C. The molecule has 0 aromatic carbocycles. The lowest BCUT2D eigenvalue weighted by molar-refractivity contribution is 0.747. The first kappa shape index (κ1) is 16.3. The molecule has 0 aliphatic heterocycles. The predicted molar refractivity (Wildman–Crippen MR) is 85.3 cm³/mol. The molecule has 0 bridgehead atoms. The molecule has 0 saturated heterocycles. The van der Waals surface area contributed by atoms with Gasteiger partial charge in [-0.05, 0) is 25.5 Å². The van der Waals surface area contributed by atoms with Crippen LogP contribution >= 0.6 is 11.8 Å². The second kappa shape index (κ2) is 8.41. The average Bonchev–Trinajstić information content (AvgIpc) is 2.39. The minimum Gasteiger partial charge on any atom is -0.370 e. The Bertz CT molecular complexity index is 391. The molecule has 0 spiro atoms. The molecule has 108 valence electrons. The molecule has 3 nitrogen and oxygen atoms in total. The Kier molecular flexibility index (Phi) is 7.21. The highest BCUT2D eigenvalue weighted by molar-refractivity contribution is 7.99. The summed E-state index contributed by atoms with van der Waals surface area (Å²) in [6.45, 7) is 11.8. The Morgan fingerprint density at radius 3 is 2.47 bits per heavy atom. The van der Waals surface area contributed by atoms with Crippen molar-refractivity contribution in [2.45, 2.75) is 64.8 Å². The first-order valence-electron chi connectivity index (χ1n) is 7.35. The summed E-state index contributed by atoms with van der Waals surface area (Å²) >= 11 is 1.86. The number of anilines is 1. The molecule has 1 aromatic rings. The minimum absolute atomic E-state index is 0.369. The number of nitrogens with one attached hydrogen (secondary N) is 1. The van der Waals surface area contributed by atoms with Gasteiger partial charge in [-0.25, -0.2) is 9.97 Å². The predicted octanol–water partition coefficient (Wildman–Crippen LogP) is 4.62. The van der Waals surface area contributed by atoms with Crippen LogP contribution in [0.3, 0.4) is 0 Å². The highest BCUT2D eigenvalue weighted by Crippen LogP contribution is 2.27. The van der Waals surface area contributed by atoms with Gasteiger partial charge in [-0.15, -0.1) is 11.8 Å². The smallest absolute Gasteiger partial charge is 0.134 e. The first-order valence-corrected chi connectivity index (χ1v) is 8.33. The number of unbranched alkanes of at least 4 members (excludes halogenated alkanes) is 1. The van der Waals surface area contributed by atoms with Crippen molar-refractivity contribution in [1.29, 1.82) is 0 Å². The normalized spacial score (nSPS) is 11.1. The molecule has 0 fully saturated rings. The van der Waals surface area contributed by atoms with Gasteiger partial charge in [-0.1, -0.05) is 34.1 Å². The third-order valence-corrected chi connectivity index (χ3v) is 4.08. The molecule has 0 atom stereocenters. The number of thioether (sulfide) groups is 1. The van der Waals surface area contributed by atoms with Crippen molar-refractivity contribution in [2.75, 3.05) is 17.6 Å². The van der Waals surface area contributed by atoms with Crippen molar-refractivity contribution in [3.05, 3.63) is 11.4 Å². The number of aromatic nitrogens is 2. The van der Waals surface area contributed by atoms with Gasteiger partial charge in [-0.3, -0.25) is 0 Å². The van der Waals surface area contributed by atoms with E-state index in [9.17, 15) is 0 Å². The van der Waals surface area contributed by atoms with Gasteiger partial charge in [-0.2, -0.15) is 0 Å². The van der Waals surface area contributed by atoms with Crippen molar-refractivity contribution in [3.8, 4) is 0 Å². The summed E-state index contributed by atoms with van der Waals surface area (Å²) in [5.41, 5.74) is 1.19. The lowest BCUT2D eigenvalue weighted by atomic mass is 10.2. The maximum Gasteiger partial charge on any atom is 0.134 e. The van der Waals surface area contributed by atoms with Crippen LogP contribution in [-0.4, -0.2) is 22.3 Å². The van der Waals surface area contributed by atoms with Gasteiger partial charge >= 0.3 is 0 Å². The summed E-state index contributed by atoms with van der Waals surface area (Å²) in [5.74, 6) is 3.47. The van der Waals surface area contributed by atoms with Crippen LogP contribution in [0.1, 0.15) is 64.3 Å². The van der Waals surface area contributed by atoms with Gasteiger partial charge in [0.1, 0.15) is 16.7 Å². The molecular formula is C15H27N3S. The van der Waals surface area contributed by atoms with E-state index < -0.39 is 0 Å². The van der Waals surface area contributed by atoms with E-state index in [0.717, 1.165) is 35.4 Å². The molecule has 1 aromatic heterocycles. The number of hydrogen-bond acceptors (Lipinski definition) is 4. The molecule has 0 amide bonds. The van der Waals surface area contributed by atoms with Crippen molar-refractivity contribution in [1.82, 2.24) is 9.97 Å². The summed E-state index contributed by atoms with van der Waals surface area (Å²) in [6.07, 6.45) is 3.58. The molecule has 4 heteroatoms. The van der Waals surface area contributed by atoms with Crippen LogP contribution in [0.25, 0.3) is 0 Å². The van der Waals surface area contributed by atoms with E-state index >= 15 is 0 Å². The third kappa shape index (κ3) is 5.01. The molecule has 0 saturated carbocycles. The third-order valence-electron chi connectivity index (χ3n) is 2.91. The second-order valence-corrected chi connectivity index (χ2v) is 6.23. The van der Waals surface area contributed by atoms with Crippen molar-refractivity contribution < 1.29 is 0 Å². The Morgan fingerprint density at radius 1 is 1.16 bits per heavy atom. The fraction of sp³-hybridized carbons (Fsp3) is 0.733. The summed E-state index contributed by atoms with van der Waals surface area (Å²) in [4.78, 5) is 9.39. The zero-order valence-electron chi connectivity index (χ0n) is 12.9. The number of hydrogen-bond donors (Lipinski definition) is 1. The van der Waals surface area contributed by atoms with Crippen LogP contribution in [0, 0.1) is 6.92 Å². The molecule has 19 heavy (non-hydrogen) atoms. The Balaban J connectivity index is 2.95. The van der Waals surface area contributed by atoms with E-state index in [0.29, 0.717) is 5.92 Å². The fourth-order valence-corrected chi connectivity index (χ4v) is 2.74. The van der Waals surface area contributed by atoms with E-state index in [1.165, 1.54) is 18.4 Å². The van der Waals surface area contributed by atoms with E-state index in [4.69, 9.17) is 4.98 Å². The minimum atomic E-state index is 0.369. The Hall–Kier alpha value is -0.770. The van der Waals surface area contributed by atoms with Crippen molar-refractivity contribution in [2.24, 2.45) is 0 Å².